The molecule has 186 valence electrons. The Morgan fingerprint density at radius 2 is 1.83 bits per heavy atom. The van der Waals surface area contributed by atoms with Crippen LogP contribution < -0.4 is 10.6 Å². The van der Waals surface area contributed by atoms with Crippen molar-refractivity contribution in [3.05, 3.63) is 70.5 Å². The summed E-state index contributed by atoms with van der Waals surface area (Å²) in [6.07, 6.45) is 3.31. The van der Waals surface area contributed by atoms with Crippen molar-refractivity contribution in [3.63, 3.8) is 0 Å². The van der Waals surface area contributed by atoms with E-state index >= 15 is 0 Å². The number of carbonyl (C=O) groups is 2. The Balaban J connectivity index is 1.44. The van der Waals surface area contributed by atoms with Gasteiger partial charge in [-0.2, -0.15) is 0 Å². The molecule has 9 heteroatoms. The van der Waals surface area contributed by atoms with Crippen LogP contribution in [0, 0.1) is 5.82 Å². The maximum absolute atomic E-state index is 13.3. The number of likely N-dealkylation sites (N-methyl/N-ethyl adjacent to an activating group) is 1. The largest absolute Gasteiger partial charge is 0.328 e. The van der Waals surface area contributed by atoms with E-state index in [-0.39, 0.29) is 36.3 Å². The molecular weight excluding hydrogens is 469 g/mol. The molecule has 0 spiro atoms. The van der Waals surface area contributed by atoms with E-state index in [4.69, 9.17) is 11.6 Å². The smallest absolute Gasteiger partial charge is 0.247 e. The molecule has 2 amide bonds. The van der Waals surface area contributed by atoms with Gasteiger partial charge in [-0.25, -0.2) is 4.39 Å². The monoisotopic (exact) mass is 499 g/mol. The second-order valence-electron chi connectivity index (χ2n) is 9.38. The summed E-state index contributed by atoms with van der Waals surface area (Å²) in [7, 11) is 3.64. The van der Waals surface area contributed by atoms with Crippen LogP contribution in [-0.2, 0) is 16.1 Å². The Hall–Kier alpha value is -2.78. The summed E-state index contributed by atoms with van der Waals surface area (Å²) in [5.41, 5.74) is 2.34. The first-order chi connectivity index (χ1) is 16.8. The molecule has 2 unspecified atom stereocenters. The fraction of sp³-hybridized carbons (Fsp3) is 0.385. The van der Waals surface area contributed by atoms with Gasteiger partial charge < -0.3 is 20.4 Å². The molecule has 2 saturated heterocycles. The number of piperazine rings is 2. The summed E-state index contributed by atoms with van der Waals surface area (Å²) in [5, 5.41) is 6.81. The minimum atomic E-state index is -0.238. The zero-order valence-electron chi connectivity index (χ0n) is 20.0. The highest BCUT2D eigenvalue weighted by atomic mass is 35.5. The number of hydrogen-bond donors (Lipinski definition) is 2. The van der Waals surface area contributed by atoms with Gasteiger partial charge in [0.2, 0.25) is 11.8 Å². The second-order valence-corrected chi connectivity index (χ2v) is 9.82. The lowest BCUT2D eigenvalue weighted by molar-refractivity contribution is -0.136. The normalized spacial score (nSPS) is 20.4. The van der Waals surface area contributed by atoms with Gasteiger partial charge in [-0.3, -0.25) is 14.5 Å². The van der Waals surface area contributed by atoms with E-state index in [1.807, 2.05) is 31.1 Å². The molecule has 2 aromatic carbocycles. The number of carbonyl (C=O) groups excluding carboxylic acids is 2. The van der Waals surface area contributed by atoms with E-state index < -0.39 is 0 Å². The van der Waals surface area contributed by atoms with Crippen molar-refractivity contribution >= 4 is 35.2 Å². The lowest BCUT2D eigenvalue weighted by atomic mass is 10.0. The second kappa shape index (κ2) is 11.3. The van der Waals surface area contributed by atoms with Crippen LogP contribution in [-0.4, -0.2) is 85.4 Å². The Bertz CT molecular complexity index is 1080. The topological polar surface area (TPSA) is 67.9 Å². The van der Waals surface area contributed by atoms with Crippen LogP contribution in [0.2, 0.25) is 5.02 Å². The highest BCUT2D eigenvalue weighted by Crippen LogP contribution is 2.24. The number of halogens is 2. The Morgan fingerprint density at radius 3 is 2.49 bits per heavy atom. The number of amides is 2. The highest BCUT2D eigenvalue weighted by Gasteiger charge is 2.39. The molecule has 35 heavy (non-hydrogen) atoms. The maximum Gasteiger partial charge on any atom is 0.247 e. The van der Waals surface area contributed by atoms with Crippen molar-refractivity contribution in [3.8, 4) is 0 Å². The minimum Gasteiger partial charge on any atom is -0.328 e. The number of anilines is 1. The van der Waals surface area contributed by atoms with E-state index in [1.165, 1.54) is 12.1 Å². The van der Waals surface area contributed by atoms with E-state index in [1.54, 1.807) is 35.3 Å². The van der Waals surface area contributed by atoms with E-state index in [0.29, 0.717) is 16.3 Å². The first kappa shape index (κ1) is 25.3. The van der Waals surface area contributed by atoms with Gasteiger partial charge in [0.25, 0.3) is 0 Å². The molecular formula is C26H31ClFN5O2. The number of benzene rings is 2. The van der Waals surface area contributed by atoms with Crippen molar-refractivity contribution < 1.29 is 14.0 Å². The van der Waals surface area contributed by atoms with Crippen molar-refractivity contribution in [2.45, 2.75) is 18.6 Å². The lowest BCUT2D eigenvalue weighted by Gasteiger charge is -2.50. The molecule has 2 heterocycles. The molecule has 7 nitrogen and oxygen atoms in total. The molecule has 0 aliphatic carbocycles. The molecule has 2 fully saturated rings. The number of nitrogens with one attached hydrogen (secondary N) is 2. The minimum absolute atomic E-state index is 0.0459. The summed E-state index contributed by atoms with van der Waals surface area (Å²) in [5.74, 6) is -0.447. The molecule has 2 N–H and O–H groups in total. The van der Waals surface area contributed by atoms with Gasteiger partial charge in [0.1, 0.15) is 5.82 Å². The summed E-state index contributed by atoms with van der Waals surface area (Å²) in [4.78, 5) is 31.6. The Morgan fingerprint density at radius 1 is 1.14 bits per heavy atom. The fourth-order valence-electron chi connectivity index (χ4n) is 4.73. The number of fused-ring (bicyclic) bond motifs is 2. The standard InChI is InChI=1S/C26H31ClFN5O2/c1-31(2)17-25(34)30-24-11-20(27)7-5-19(24)6-10-26(35)33-22-12-29-13-23(33)16-32(15-22)14-18-3-8-21(28)9-4-18/h3-11,22-23,29H,12-17H2,1-2H3,(H,30,34). The SMILES string of the molecule is CN(C)CC(=O)Nc1cc(Cl)ccc1C=CC(=O)N1C2CNCC1CN(Cc1ccc(F)cc1)C2. The maximum atomic E-state index is 13.3. The summed E-state index contributed by atoms with van der Waals surface area (Å²) >= 11 is 6.14. The van der Waals surface area contributed by atoms with Gasteiger partial charge in [-0.1, -0.05) is 29.8 Å². The van der Waals surface area contributed by atoms with E-state index in [2.05, 4.69) is 15.5 Å². The molecule has 0 saturated carbocycles. The fourth-order valence-corrected chi connectivity index (χ4v) is 4.90. The average Bonchev–Trinajstić information content (AvgIpc) is 2.79. The first-order valence-electron chi connectivity index (χ1n) is 11.7. The lowest BCUT2D eigenvalue weighted by Crippen LogP contribution is -2.68. The van der Waals surface area contributed by atoms with Gasteiger partial charge in [-0.15, -0.1) is 0 Å². The summed E-state index contributed by atoms with van der Waals surface area (Å²) in [6.45, 7) is 3.91. The predicted molar refractivity (Wildman–Crippen MR) is 137 cm³/mol. The predicted octanol–water partition coefficient (Wildman–Crippen LogP) is 2.68. The molecule has 0 radical (unpaired) electrons. The zero-order chi connectivity index (χ0) is 24.9. The van der Waals surface area contributed by atoms with Crippen molar-refractivity contribution in [2.75, 3.05) is 52.1 Å². The Labute approximate surface area is 210 Å². The van der Waals surface area contributed by atoms with Gasteiger partial charge in [0.05, 0.1) is 18.6 Å². The summed E-state index contributed by atoms with van der Waals surface area (Å²) in [6, 6.07) is 11.9. The van der Waals surface area contributed by atoms with Crippen molar-refractivity contribution in [1.82, 2.24) is 20.0 Å². The number of rotatable bonds is 7. The third kappa shape index (κ3) is 6.67. The third-order valence-corrected chi connectivity index (χ3v) is 6.45. The van der Waals surface area contributed by atoms with Crippen molar-refractivity contribution in [2.24, 2.45) is 0 Å². The quantitative estimate of drug-likeness (QED) is 0.573. The molecule has 2 atom stereocenters. The molecule has 0 aromatic heterocycles. The van der Waals surface area contributed by atoms with E-state index in [0.717, 1.165) is 38.3 Å². The van der Waals surface area contributed by atoms with Gasteiger partial charge in [-0.05, 0) is 55.6 Å². The van der Waals surface area contributed by atoms with Crippen LogP contribution in [0.3, 0.4) is 0 Å². The highest BCUT2D eigenvalue weighted by molar-refractivity contribution is 6.31. The first-order valence-corrected chi connectivity index (χ1v) is 12.1. The van der Waals surface area contributed by atoms with Gasteiger partial charge in [0, 0.05) is 49.5 Å². The average molecular weight is 500 g/mol. The van der Waals surface area contributed by atoms with Gasteiger partial charge >= 0.3 is 0 Å². The van der Waals surface area contributed by atoms with Gasteiger partial charge in [0.15, 0.2) is 0 Å². The van der Waals surface area contributed by atoms with E-state index in [9.17, 15) is 14.0 Å². The Kier molecular flexibility index (Phi) is 8.18. The van der Waals surface area contributed by atoms with Crippen molar-refractivity contribution in [1.29, 1.82) is 0 Å². The summed E-state index contributed by atoms with van der Waals surface area (Å²) < 4.78 is 13.2. The molecule has 2 aliphatic heterocycles. The molecule has 2 aliphatic rings. The number of hydrogen-bond acceptors (Lipinski definition) is 5. The van der Waals surface area contributed by atoms with Crippen LogP contribution in [0.1, 0.15) is 11.1 Å². The zero-order valence-corrected chi connectivity index (χ0v) is 20.8. The van der Waals surface area contributed by atoms with Crippen LogP contribution in [0.4, 0.5) is 10.1 Å². The molecule has 2 bridgehead atoms. The van der Waals surface area contributed by atoms with Crippen LogP contribution in [0.15, 0.2) is 48.5 Å². The number of nitrogens with zero attached hydrogens (tertiary/aromatic N) is 3. The molecule has 2 aromatic rings. The molecule has 4 rings (SSSR count). The van der Waals surface area contributed by atoms with Crippen LogP contribution in [0.5, 0.6) is 0 Å². The van der Waals surface area contributed by atoms with Crippen LogP contribution in [0.25, 0.3) is 6.08 Å². The third-order valence-electron chi connectivity index (χ3n) is 6.21. The van der Waals surface area contributed by atoms with Crippen LogP contribution >= 0.6 is 11.6 Å².